The van der Waals surface area contributed by atoms with Crippen LogP contribution in [0, 0.1) is 17.0 Å². The number of alkyl halides is 3. The summed E-state index contributed by atoms with van der Waals surface area (Å²) < 4.78 is 36.4. The van der Waals surface area contributed by atoms with Gasteiger partial charge in [-0.1, -0.05) is 0 Å². The smallest absolute Gasteiger partial charge is 0.382 e. The maximum Gasteiger partial charge on any atom is 0.416 e. The number of nitrogens with two attached hydrogens (primary N) is 1. The molecule has 112 valence electrons. The number of aliphatic hydroxyl groups is 1. The number of nitrogen functional groups attached to an aromatic ring is 1. The normalized spacial score (nSPS) is 12.9. The maximum atomic E-state index is 12.1. The zero-order valence-corrected chi connectivity index (χ0v) is 10.1. The molecule has 1 unspecified atom stereocenters. The highest BCUT2D eigenvalue weighted by Gasteiger charge is 2.38. The SMILES string of the molecule is Cc1nc(NN)nc(NCC(O)C(F)(F)F)c1[N+](=O)[O-]. The number of rotatable bonds is 5. The number of aryl methyl sites for hydroxylation is 1. The van der Waals surface area contributed by atoms with Crippen LogP contribution in [0.2, 0.25) is 0 Å². The molecule has 0 saturated heterocycles. The summed E-state index contributed by atoms with van der Waals surface area (Å²) in [5.74, 6) is 4.35. The molecule has 0 spiro atoms. The third-order valence-electron chi connectivity index (χ3n) is 2.21. The fraction of sp³-hybridized carbons (Fsp3) is 0.500. The summed E-state index contributed by atoms with van der Waals surface area (Å²) in [5, 5.41) is 21.7. The molecule has 0 aliphatic heterocycles. The Balaban J connectivity index is 3.04. The van der Waals surface area contributed by atoms with Gasteiger partial charge in [0, 0.05) is 0 Å². The lowest BCUT2D eigenvalue weighted by atomic mass is 10.3. The van der Waals surface area contributed by atoms with Crippen LogP contribution in [0.25, 0.3) is 0 Å². The minimum absolute atomic E-state index is 0.0954. The van der Waals surface area contributed by atoms with Gasteiger partial charge in [-0.15, -0.1) is 0 Å². The second-order valence-corrected chi connectivity index (χ2v) is 3.67. The largest absolute Gasteiger partial charge is 0.416 e. The van der Waals surface area contributed by atoms with E-state index in [1.54, 1.807) is 0 Å². The first-order valence-corrected chi connectivity index (χ1v) is 5.15. The van der Waals surface area contributed by atoms with Crippen LogP contribution in [0.1, 0.15) is 5.69 Å². The second-order valence-electron chi connectivity index (χ2n) is 3.67. The number of hydrogen-bond acceptors (Lipinski definition) is 8. The first-order valence-electron chi connectivity index (χ1n) is 5.15. The highest BCUT2D eigenvalue weighted by molar-refractivity contribution is 5.60. The predicted octanol–water partition coefficient (Wildman–Crippen LogP) is 0.314. The molecule has 1 atom stereocenters. The Kier molecular flexibility index (Phi) is 4.62. The highest BCUT2D eigenvalue weighted by atomic mass is 19.4. The molecule has 0 radical (unpaired) electrons. The standard InChI is InChI=1S/C8H11F3N6O3/c1-3-5(17(19)20)6(15-7(14-3)16-12)13-2-4(18)8(9,10)11/h4,18H,2,12H2,1H3,(H2,13,14,15,16). The van der Waals surface area contributed by atoms with E-state index < -0.39 is 35.3 Å². The fourth-order valence-corrected chi connectivity index (χ4v) is 1.28. The molecule has 1 aromatic rings. The van der Waals surface area contributed by atoms with Crippen LogP contribution in [-0.2, 0) is 0 Å². The van der Waals surface area contributed by atoms with Gasteiger partial charge in [-0.05, 0) is 6.92 Å². The van der Waals surface area contributed by atoms with Gasteiger partial charge >= 0.3 is 11.9 Å². The van der Waals surface area contributed by atoms with E-state index >= 15 is 0 Å². The Hall–Kier alpha value is -2.21. The summed E-state index contributed by atoms with van der Waals surface area (Å²) in [6, 6.07) is 0. The van der Waals surface area contributed by atoms with Crippen molar-refractivity contribution in [3.05, 3.63) is 15.8 Å². The van der Waals surface area contributed by atoms with Crippen LogP contribution in [-0.4, -0.2) is 38.8 Å². The molecule has 0 aliphatic rings. The van der Waals surface area contributed by atoms with Crippen LogP contribution >= 0.6 is 0 Å². The summed E-state index contributed by atoms with van der Waals surface area (Å²) >= 11 is 0. The van der Waals surface area contributed by atoms with Gasteiger partial charge in [0.05, 0.1) is 11.5 Å². The van der Waals surface area contributed by atoms with E-state index in [1.807, 2.05) is 5.43 Å². The number of aliphatic hydroxyl groups excluding tert-OH is 1. The number of nitrogens with one attached hydrogen (secondary N) is 2. The van der Waals surface area contributed by atoms with Crippen molar-refractivity contribution in [2.75, 3.05) is 17.3 Å². The van der Waals surface area contributed by atoms with Gasteiger partial charge < -0.3 is 10.4 Å². The van der Waals surface area contributed by atoms with Gasteiger partial charge in [-0.3, -0.25) is 15.5 Å². The van der Waals surface area contributed by atoms with E-state index in [1.165, 1.54) is 6.92 Å². The van der Waals surface area contributed by atoms with Gasteiger partial charge in [-0.2, -0.15) is 18.2 Å². The van der Waals surface area contributed by atoms with E-state index in [2.05, 4.69) is 15.3 Å². The summed E-state index contributed by atoms with van der Waals surface area (Å²) in [6.45, 7) is 0.275. The molecule has 5 N–H and O–H groups in total. The minimum atomic E-state index is -4.85. The molecule has 0 fully saturated rings. The molecule has 0 amide bonds. The van der Waals surface area contributed by atoms with Crippen molar-refractivity contribution in [3.63, 3.8) is 0 Å². The average Bonchev–Trinajstić information content (AvgIpc) is 2.33. The summed E-state index contributed by atoms with van der Waals surface area (Å²) in [5.41, 5.74) is 1.33. The van der Waals surface area contributed by atoms with Gasteiger partial charge in [-0.25, -0.2) is 10.8 Å². The highest BCUT2D eigenvalue weighted by Crippen LogP contribution is 2.27. The van der Waals surface area contributed by atoms with Crippen LogP contribution in [0.5, 0.6) is 0 Å². The number of nitro groups is 1. The molecule has 1 aromatic heterocycles. The summed E-state index contributed by atoms with van der Waals surface area (Å²) in [6.07, 6.45) is -7.54. The zero-order valence-electron chi connectivity index (χ0n) is 10.1. The van der Waals surface area contributed by atoms with Crippen molar-refractivity contribution in [1.29, 1.82) is 0 Å². The van der Waals surface area contributed by atoms with Gasteiger partial charge in [0.2, 0.25) is 11.8 Å². The third kappa shape index (κ3) is 3.64. The lowest BCUT2D eigenvalue weighted by Gasteiger charge is -2.15. The monoisotopic (exact) mass is 296 g/mol. The lowest BCUT2D eigenvalue weighted by Crippen LogP contribution is -2.35. The quantitative estimate of drug-likeness (QED) is 0.346. The summed E-state index contributed by atoms with van der Waals surface area (Å²) in [4.78, 5) is 17.2. The first-order chi connectivity index (χ1) is 9.16. The second kappa shape index (κ2) is 5.83. The molecule has 0 aromatic carbocycles. The summed E-state index contributed by atoms with van der Waals surface area (Å²) in [7, 11) is 0. The van der Waals surface area contributed by atoms with Crippen molar-refractivity contribution in [1.82, 2.24) is 9.97 Å². The van der Waals surface area contributed by atoms with Crippen LogP contribution in [0.15, 0.2) is 0 Å². The topological polar surface area (TPSA) is 139 Å². The first kappa shape index (κ1) is 15.8. The molecule has 0 bridgehead atoms. The third-order valence-corrected chi connectivity index (χ3v) is 2.21. The van der Waals surface area contributed by atoms with Crippen LogP contribution < -0.4 is 16.6 Å². The number of aromatic nitrogens is 2. The fourth-order valence-electron chi connectivity index (χ4n) is 1.28. The number of nitrogens with zero attached hydrogens (tertiary/aromatic N) is 3. The van der Waals surface area contributed by atoms with E-state index in [4.69, 9.17) is 10.9 Å². The Morgan fingerprint density at radius 3 is 2.55 bits per heavy atom. The number of hydrogen-bond donors (Lipinski definition) is 4. The van der Waals surface area contributed by atoms with Crippen molar-refractivity contribution in [2.24, 2.45) is 5.84 Å². The molecule has 1 rings (SSSR count). The molecule has 12 heteroatoms. The van der Waals surface area contributed by atoms with E-state index in [-0.39, 0.29) is 11.6 Å². The molecule has 0 saturated carbocycles. The van der Waals surface area contributed by atoms with E-state index in [0.29, 0.717) is 0 Å². The van der Waals surface area contributed by atoms with Gasteiger partial charge in [0.25, 0.3) is 0 Å². The van der Waals surface area contributed by atoms with Crippen molar-refractivity contribution in [3.8, 4) is 0 Å². The predicted molar refractivity (Wildman–Crippen MR) is 61.8 cm³/mol. The Morgan fingerprint density at radius 2 is 2.10 bits per heavy atom. The average molecular weight is 296 g/mol. The minimum Gasteiger partial charge on any atom is -0.382 e. The van der Waals surface area contributed by atoms with E-state index in [9.17, 15) is 23.3 Å². The molecule has 1 heterocycles. The van der Waals surface area contributed by atoms with Crippen molar-refractivity contribution < 1.29 is 23.2 Å². The molecular formula is C8H11F3N6O3. The Labute approximate surface area is 110 Å². The Bertz CT molecular complexity index is 509. The van der Waals surface area contributed by atoms with Gasteiger partial charge in [0.1, 0.15) is 5.69 Å². The van der Waals surface area contributed by atoms with Crippen LogP contribution in [0.3, 0.4) is 0 Å². The lowest BCUT2D eigenvalue weighted by molar-refractivity contribution is -0.385. The Morgan fingerprint density at radius 1 is 1.50 bits per heavy atom. The molecular weight excluding hydrogens is 285 g/mol. The number of hydrazine groups is 1. The molecule has 0 aliphatic carbocycles. The molecule has 9 nitrogen and oxygen atoms in total. The van der Waals surface area contributed by atoms with Crippen molar-refractivity contribution in [2.45, 2.75) is 19.2 Å². The number of halogens is 3. The maximum absolute atomic E-state index is 12.1. The number of anilines is 2. The zero-order chi connectivity index (χ0) is 15.5. The van der Waals surface area contributed by atoms with Crippen LogP contribution in [0.4, 0.5) is 30.6 Å². The van der Waals surface area contributed by atoms with Crippen molar-refractivity contribution >= 4 is 17.5 Å². The molecule has 20 heavy (non-hydrogen) atoms. The van der Waals surface area contributed by atoms with Gasteiger partial charge in [0.15, 0.2) is 6.10 Å². The van der Waals surface area contributed by atoms with E-state index in [0.717, 1.165) is 0 Å².